The minimum absolute atomic E-state index is 0.975. The molecule has 0 atom stereocenters. The summed E-state index contributed by atoms with van der Waals surface area (Å²) in [6.45, 7) is 2.11. The third kappa shape index (κ3) is 4.39. The molecule has 0 unspecified atom stereocenters. The molecular weight excluding hydrogens is 182 g/mol. The molecule has 13 heavy (non-hydrogen) atoms. The highest BCUT2D eigenvalue weighted by atomic mass is 32.1. The van der Waals surface area contributed by atoms with E-state index in [-0.39, 0.29) is 0 Å². The van der Waals surface area contributed by atoms with Crippen molar-refractivity contribution in [1.29, 1.82) is 0 Å². The quantitative estimate of drug-likeness (QED) is 0.559. The molecule has 0 spiro atoms. The van der Waals surface area contributed by atoms with Crippen molar-refractivity contribution < 1.29 is 4.42 Å². The highest BCUT2D eigenvalue weighted by molar-refractivity contribution is 7.80. The molecule has 0 N–H and O–H groups in total. The third-order valence-corrected chi connectivity index (χ3v) is 2.30. The van der Waals surface area contributed by atoms with E-state index in [1.807, 2.05) is 6.07 Å². The lowest BCUT2D eigenvalue weighted by Gasteiger charge is -2.14. The first-order valence-electron chi connectivity index (χ1n) is 4.63. The smallest absolute Gasteiger partial charge is 0.0947 e. The molecule has 0 amide bonds. The van der Waals surface area contributed by atoms with Crippen molar-refractivity contribution in [3.63, 3.8) is 0 Å². The molecule has 0 aliphatic rings. The Kier molecular flexibility index (Phi) is 5.01. The molecule has 0 saturated carbocycles. The van der Waals surface area contributed by atoms with Crippen LogP contribution < -0.4 is 0 Å². The van der Waals surface area contributed by atoms with E-state index in [2.05, 4.69) is 24.6 Å². The zero-order valence-corrected chi connectivity index (χ0v) is 8.96. The summed E-state index contributed by atoms with van der Waals surface area (Å²) in [5.74, 6) is 0.986. The second kappa shape index (κ2) is 6.11. The largest absolute Gasteiger partial charge is 0.472 e. The Balaban J connectivity index is 2.14. The van der Waals surface area contributed by atoms with Crippen LogP contribution in [0.5, 0.6) is 0 Å². The third-order valence-electron chi connectivity index (χ3n) is 1.98. The van der Waals surface area contributed by atoms with Crippen LogP contribution in [0.15, 0.2) is 23.0 Å². The van der Waals surface area contributed by atoms with Crippen LogP contribution in [0, 0.1) is 0 Å². The van der Waals surface area contributed by atoms with E-state index in [4.69, 9.17) is 4.42 Å². The fourth-order valence-corrected chi connectivity index (χ4v) is 1.49. The Morgan fingerprint density at radius 1 is 1.46 bits per heavy atom. The highest BCUT2D eigenvalue weighted by Gasteiger charge is 2.00. The van der Waals surface area contributed by atoms with Gasteiger partial charge in [-0.2, -0.15) is 12.6 Å². The number of hydrogen-bond donors (Lipinski definition) is 1. The van der Waals surface area contributed by atoms with Gasteiger partial charge in [0.05, 0.1) is 12.5 Å². The summed E-state index contributed by atoms with van der Waals surface area (Å²) >= 11 is 4.18. The zero-order chi connectivity index (χ0) is 9.52. The summed E-state index contributed by atoms with van der Waals surface area (Å²) in [7, 11) is 2.13. The van der Waals surface area contributed by atoms with Gasteiger partial charge in [0.1, 0.15) is 0 Å². The Bertz CT molecular complexity index is 211. The van der Waals surface area contributed by atoms with Crippen LogP contribution in [0.25, 0.3) is 0 Å². The fraction of sp³-hybridized carbons (Fsp3) is 0.600. The Morgan fingerprint density at radius 2 is 2.31 bits per heavy atom. The average Bonchev–Trinajstić information content (AvgIpc) is 2.57. The number of unbranched alkanes of at least 4 members (excludes halogenated alkanes) is 1. The van der Waals surface area contributed by atoms with Crippen molar-refractivity contribution in [2.45, 2.75) is 19.4 Å². The van der Waals surface area contributed by atoms with E-state index in [9.17, 15) is 0 Å². The molecule has 0 saturated heterocycles. The maximum absolute atomic E-state index is 5.00. The molecule has 0 bridgehead atoms. The number of thiol groups is 1. The van der Waals surface area contributed by atoms with Gasteiger partial charge in [-0.3, -0.25) is 0 Å². The summed E-state index contributed by atoms with van der Waals surface area (Å²) < 4.78 is 5.00. The summed E-state index contributed by atoms with van der Waals surface area (Å²) in [4.78, 5) is 2.30. The van der Waals surface area contributed by atoms with Gasteiger partial charge in [0.25, 0.3) is 0 Å². The Hall–Kier alpha value is -0.410. The van der Waals surface area contributed by atoms with Gasteiger partial charge in [-0.15, -0.1) is 0 Å². The van der Waals surface area contributed by atoms with Crippen molar-refractivity contribution in [3.8, 4) is 0 Å². The summed E-state index contributed by atoms with van der Waals surface area (Å²) in [5.41, 5.74) is 1.24. The maximum Gasteiger partial charge on any atom is 0.0947 e. The summed E-state index contributed by atoms with van der Waals surface area (Å²) in [6.07, 6.45) is 5.93. The second-order valence-corrected chi connectivity index (χ2v) is 3.75. The lowest BCUT2D eigenvalue weighted by molar-refractivity contribution is 0.320. The molecule has 1 aromatic rings. The van der Waals surface area contributed by atoms with Gasteiger partial charge in [0, 0.05) is 12.1 Å². The topological polar surface area (TPSA) is 16.4 Å². The normalized spacial score (nSPS) is 11.0. The second-order valence-electron chi connectivity index (χ2n) is 3.30. The van der Waals surface area contributed by atoms with Gasteiger partial charge in [0.15, 0.2) is 0 Å². The van der Waals surface area contributed by atoms with E-state index >= 15 is 0 Å². The van der Waals surface area contributed by atoms with Crippen molar-refractivity contribution in [3.05, 3.63) is 24.2 Å². The van der Waals surface area contributed by atoms with E-state index in [1.54, 1.807) is 12.5 Å². The van der Waals surface area contributed by atoms with Crippen molar-refractivity contribution >= 4 is 12.6 Å². The predicted molar refractivity (Wildman–Crippen MR) is 58.1 cm³/mol. The number of rotatable bonds is 6. The van der Waals surface area contributed by atoms with E-state index in [1.165, 1.54) is 18.4 Å². The monoisotopic (exact) mass is 199 g/mol. The van der Waals surface area contributed by atoms with Crippen molar-refractivity contribution in [1.82, 2.24) is 4.90 Å². The maximum atomic E-state index is 5.00. The van der Waals surface area contributed by atoms with Crippen LogP contribution in [0.2, 0.25) is 0 Å². The molecule has 1 rings (SSSR count). The van der Waals surface area contributed by atoms with Gasteiger partial charge in [-0.1, -0.05) is 0 Å². The first-order valence-corrected chi connectivity index (χ1v) is 5.26. The molecular formula is C10H17NOS. The van der Waals surface area contributed by atoms with Gasteiger partial charge < -0.3 is 9.32 Å². The fourth-order valence-electron chi connectivity index (χ4n) is 1.27. The first kappa shape index (κ1) is 10.7. The zero-order valence-electron chi connectivity index (χ0n) is 8.07. The molecule has 0 fully saturated rings. The highest BCUT2D eigenvalue weighted by Crippen LogP contribution is 2.04. The Morgan fingerprint density at radius 3 is 2.92 bits per heavy atom. The summed E-state index contributed by atoms with van der Waals surface area (Å²) in [5, 5.41) is 0. The summed E-state index contributed by atoms with van der Waals surface area (Å²) in [6, 6.07) is 2.01. The van der Waals surface area contributed by atoms with Gasteiger partial charge in [-0.25, -0.2) is 0 Å². The van der Waals surface area contributed by atoms with E-state index < -0.39 is 0 Å². The van der Waals surface area contributed by atoms with Crippen LogP contribution in [0.1, 0.15) is 18.4 Å². The van der Waals surface area contributed by atoms with Crippen LogP contribution in [0.3, 0.4) is 0 Å². The van der Waals surface area contributed by atoms with Crippen molar-refractivity contribution in [2.75, 3.05) is 19.3 Å². The van der Waals surface area contributed by atoms with Gasteiger partial charge in [-0.05, 0) is 38.3 Å². The van der Waals surface area contributed by atoms with Crippen LogP contribution in [-0.2, 0) is 6.54 Å². The van der Waals surface area contributed by atoms with Gasteiger partial charge in [0.2, 0.25) is 0 Å². The molecule has 0 aromatic carbocycles. The molecule has 0 aliphatic heterocycles. The minimum Gasteiger partial charge on any atom is -0.472 e. The van der Waals surface area contributed by atoms with Crippen LogP contribution in [0.4, 0.5) is 0 Å². The van der Waals surface area contributed by atoms with Crippen molar-refractivity contribution in [2.24, 2.45) is 0 Å². The molecule has 0 radical (unpaired) electrons. The molecule has 3 heteroatoms. The molecule has 1 aromatic heterocycles. The molecule has 0 aliphatic carbocycles. The first-order chi connectivity index (χ1) is 6.33. The number of hydrogen-bond acceptors (Lipinski definition) is 3. The van der Waals surface area contributed by atoms with Crippen LogP contribution >= 0.6 is 12.6 Å². The SMILES string of the molecule is CN(CCCCS)Cc1ccoc1. The predicted octanol–water partition coefficient (Wildman–Crippen LogP) is 2.42. The van der Waals surface area contributed by atoms with E-state index in [0.29, 0.717) is 0 Å². The number of nitrogens with zero attached hydrogens (tertiary/aromatic N) is 1. The van der Waals surface area contributed by atoms with E-state index in [0.717, 1.165) is 18.8 Å². The minimum atomic E-state index is 0.975. The molecule has 2 nitrogen and oxygen atoms in total. The molecule has 74 valence electrons. The lowest BCUT2D eigenvalue weighted by atomic mass is 10.3. The Labute approximate surface area is 85.3 Å². The molecule has 1 heterocycles. The average molecular weight is 199 g/mol. The standard InChI is InChI=1S/C10H17NOS/c1-11(5-2-3-7-13)8-10-4-6-12-9-10/h4,6,9,13H,2-3,5,7-8H2,1H3. The van der Waals surface area contributed by atoms with Gasteiger partial charge >= 0.3 is 0 Å². The number of furan rings is 1. The van der Waals surface area contributed by atoms with Crippen LogP contribution in [-0.4, -0.2) is 24.2 Å². The lowest BCUT2D eigenvalue weighted by Crippen LogP contribution is -2.18.